The average Bonchev–Trinajstić information content (AvgIpc) is 2.37. The van der Waals surface area contributed by atoms with E-state index in [-0.39, 0.29) is 6.61 Å². The Morgan fingerprint density at radius 1 is 1.42 bits per heavy atom. The number of hydrogen-bond acceptors (Lipinski definition) is 4. The highest BCUT2D eigenvalue weighted by atomic mass is 79.9. The van der Waals surface area contributed by atoms with E-state index in [2.05, 4.69) is 21.2 Å². The number of aliphatic hydroxyl groups excluding tert-OH is 1. The second-order valence-corrected chi connectivity index (χ2v) is 5.30. The summed E-state index contributed by atoms with van der Waals surface area (Å²) >= 11 is 3.44. The van der Waals surface area contributed by atoms with Gasteiger partial charge >= 0.3 is 0 Å². The number of benzene rings is 1. The van der Waals surface area contributed by atoms with Crippen molar-refractivity contribution in [1.29, 1.82) is 0 Å². The summed E-state index contributed by atoms with van der Waals surface area (Å²) in [5.74, 6) is 0.754. The van der Waals surface area contributed by atoms with Crippen LogP contribution in [0.25, 0.3) is 0 Å². The van der Waals surface area contributed by atoms with Gasteiger partial charge in [-0.25, -0.2) is 0 Å². The predicted octanol–water partition coefficient (Wildman–Crippen LogP) is 2.12. The summed E-state index contributed by atoms with van der Waals surface area (Å²) in [6, 6.07) is 5.87. The molecule has 1 rings (SSSR count). The highest BCUT2D eigenvalue weighted by Gasteiger charge is 2.07. The fourth-order valence-electron chi connectivity index (χ4n) is 1.58. The zero-order valence-corrected chi connectivity index (χ0v) is 13.1. The van der Waals surface area contributed by atoms with E-state index in [9.17, 15) is 5.11 Å². The molecule has 4 nitrogen and oxygen atoms in total. The van der Waals surface area contributed by atoms with Gasteiger partial charge in [-0.15, -0.1) is 0 Å². The topological polar surface area (TPSA) is 50.7 Å². The van der Waals surface area contributed by atoms with Gasteiger partial charge in [0.1, 0.15) is 18.5 Å². The molecule has 0 heterocycles. The molecule has 1 atom stereocenters. The fourth-order valence-corrected chi connectivity index (χ4v) is 2.19. The lowest BCUT2D eigenvalue weighted by Gasteiger charge is -2.14. The fraction of sp³-hybridized carbons (Fsp3) is 0.571. The zero-order chi connectivity index (χ0) is 14.1. The van der Waals surface area contributed by atoms with Gasteiger partial charge in [0.15, 0.2) is 0 Å². The van der Waals surface area contributed by atoms with Gasteiger partial charge in [-0.05, 0) is 53.5 Å². The van der Waals surface area contributed by atoms with Crippen molar-refractivity contribution in [1.82, 2.24) is 5.32 Å². The maximum absolute atomic E-state index is 9.78. The Morgan fingerprint density at radius 3 is 2.89 bits per heavy atom. The third kappa shape index (κ3) is 6.92. The quantitative estimate of drug-likeness (QED) is 0.680. The van der Waals surface area contributed by atoms with Crippen LogP contribution >= 0.6 is 15.9 Å². The van der Waals surface area contributed by atoms with Crippen LogP contribution in [0.2, 0.25) is 0 Å². The molecule has 1 unspecified atom stereocenters. The molecule has 0 aromatic heterocycles. The highest BCUT2D eigenvalue weighted by Crippen LogP contribution is 2.25. The maximum atomic E-state index is 9.78. The maximum Gasteiger partial charge on any atom is 0.133 e. The van der Waals surface area contributed by atoms with Crippen molar-refractivity contribution in [3.05, 3.63) is 28.2 Å². The van der Waals surface area contributed by atoms with Gasteiger partial charge in [0.2, 0.25) is 0 Å². The molecule has 2 N–H and O–H groups in total. The largest absolute Gasteiger partial charge is 0.490 e. The van der Waals surface area contributed by atoms with E-state index in [1.54, 1.807) is 7.11 Å². The van der Waals surface area contributed by atoms with Gasteiger partial charge in [-0.3, -0.25) is 0 Å². The van der Waals surface area contributed by atoms with E-state index in [4.69, 9.17) is 9.47 Å². The molecule has 0 aliphatic rings. The Labute approximate surface area is 123 Å². The van der Waals surface area contributed by atoms with Crippen LogP contribution in [0.1, 0.15) is 12.0 Å². The monoisotopic (exact) mass is 331 g/mol. The summed E-state index contributed by atoms with van der Waals surface area (Å²) in [5, 5.41) is 12.9. The van der Waals surface area contributed by atoms with Crippen LogP contribution in [-0.4, -0.2) is 44.6 Å². The van der Waals surface area contributed by atoms with E-state index in [1.807, 2.05) is 25.1 Å². The Balaban J connectivity index is 2.20. The molecule has 0 aliphatic carbocycles. The highest BCUT2D eigenvalue weighted by molar-refractivity contribution is 9.10. The normalized spacial score (nSPS) is 12.4. The number of hydrogen-bond donors (Lipinski definition) is 2. The Kier molecular flexibility index (Phi) is 8.05. The lowest BCUT2D eigenvalue weighted by atomic mass is 10.2. The summed E-state index contributed by atoms with van der Waals surface area (Å²) < 4.78 is 11.4. The first-order chi connectivity index (χ1) is 9.13. The van der Waals surface area contributed by atoms with Crippen LogP contribution in [0.5, 0.6) is 5.75 Å². The van der Waals surface area contributed by atoms with Crippen molar-refractivity contribution >= 4 is 15.9 Å². The van der Waals surface area contributed by atoms with Gasteiger partial charge in [0.25, 0.3) is 0 Å². The van der Waals surface area contributed by atoms with Crippen LogP contribution in [0.15, 0.2) is 22.7 Å². The van der Waals surface area contributed by atoms with E-state index < -0.39 is 6.10 Å². The zero-order valence-electron chi connectivity index (χ0n) is 11.5. The Morgan fingerprint density at radius 2 is 2.21 bits per heavy atom. The van der Waals surface area contributed by atoms with E-state index in [0.717, 1.165) is 29.8 Å². The van der Waals surface area contributed by atoms with Crippen LogP contribution in [0.4, 0.5) is 0 Å². The smallest absolute Gasteiger partial charge is 0.133 e. The number of ether oxygens (including phenoxy) is 2. The molecule has 0 amide bonds. The second-order valence-electron chi connectivity index (χ2n) is 4.45. The molecule has 0 saturated heterocycles. The first-order valence-corrected chi connectivity index (χ1v) is 7.19. The first kappa shape index (κ1) is 16.4. The third-order valence-electron chi connectivity index (χ3n) is 2.60. The lowest BCUT2D eigenvalue weighted by Crippen LogP contribution is -2.32. The minimum atomic E-state index is -0.518. The van der Waals surface area contributed by atoms with Crippen molar-refractivity contribution in [3.8, 4) is 5.75 Å². The summed E-state index contributed by atoms with van der Waals surface area (Å²) in [6.45, 7) is 4.38. The number of aliphatic hydroxyl groups is 1. The molecule has 5 heteroatoms. The number of nitrogens with one attached hydrogen (secondary N) is 1. The molecular formula is C14H22BrNO3. The SMILES string of the molecule is COCCCNCC(O)COc1ccc(C)cc1Br. The number of rotatable bonds is 9. The molecule has 0 aliphatic heterocycles. The Bertz CT molecular complexity index is 374. The summed E-state index contributed by atoms with van der Waals surface area (Å²) in [6.07, 6.45) is 0.420. The summed E-state index contributed by atoms with van der Waals surface area (Å²) in [4.78, 5) is 0. The number of aryl methyl sites for hydroxylation is 1. The molecule has 0 saturated carbocycles. The molecule has 108 valence electrons. The van der Waals surface area contributed by atoms with Crippen molar-refractivity contribution in [2.75, 3.05) is 33.4 Å². The third-order valence-corrected chi connectivity index (χ3v) is 3.22. The minimum Gasteiger partial charge on any atom is -0.490 e. The van der Waals surface area contributed by atoms with E-state index >= 15 is 0 Å². The van der Waals surface area contributed by atoms with E-state index in [0.29, 0.717) is 6.54 Å². The molecule has 0 bridgehead atoms. The predicted molar refractivity (Wildman–Crippen MR) is 79.7 cm³/mol. The molecule has 19 heavy (non-hydrogen) atoms. The van der Waals surface area contributed by atoms with Gasteiger partial charge in [-0.2, -0.15) is 0 Å². The minimum absolute atomic E-state index is 0.277. The van der Waals surface area contributed by atoms with Crippen LogP contribution in [-0.2, 0) is 4.74 Å². The molecule has 0 radical (unpaired) electrons. The van der Waals surface area contributed by atoms with Crippen molar-refractivity contribution in [2.24, 2.45) is 0 Å². The second kappa shape index (κ2) is 9.31. The average molecular weight is 332 g/mol. The van der Waals surface area contributed by atoms with Crippen molar-refractivity contribution in [2.45, 2.75) is 19.4 Å². The molecule has 1 aromatic carbocycles. The van der Waals surface area contributed by atoms with Gasteiger partial charge < -0.3 is 19.9 Å². The summed E-state index contributed by atoms with van der Waals surface area (Å²) in [7, 11) is 1.68. The van der Waals surface area contributed by atoms with Gasteiger partial charge in [0, 0.05) is 20.3 Å². The van der Waals surface area contributed by atoms with Crippen LogP contribution in [0, 0.1) is 6.92 Å². The van der Waals surface area contributed by atoms with E-state index in [1.165, 1.54) is 5.56 Å². The van der Waals surface area contributed by atoms with Crippen molar-refractivity contribution in [3.63, 3.8) is 0 Å². The standard InChI is InChI=1S/C14H22BrNO3/c1-11-4-5-14(13(15)8-11)19-10-12(17)9-16-6-3-7-18-2/h4-5,8,12,16-17H,3,6-7,9-10H2,1-2H3. The Hall–Kier alpha value is -0.620. The van der Waals surface area contributed by atoms with Crippen molar-refractivity contribution < 1.29 is 14.6 Å². The molecule has 0 fully saturated rings. The molecule has 0 spiro atoms. The summed E-state index contributed by atoms with van der Waals surface area (Å²) in [5.41, 5.74) is 1.17. The van der Waals surface area contributed by atoms with Gasteiger partial charge in [0.05, 0.1) is 4.47 Å². The number of halogens is 1. The molecular weight excluding hydrogens is 310 g/mol. The number of methoxy groups -OCH3 is 1. The van der Waals surface area contributed by atoms with Crippen LogP contribution < -0.4 is 10.1 Å². The van der Waals surface area contributed by atoms with Crippen LogP contribution in [0.3, 0.4) is 0 Å². The lowest BCUT2D eigenvalue weighted by molar-refractivity contribution is 0.105. The first-order valence-electron chi connectivity index (χ1n) is 6.40. The molecule has 1 aromatic rings. The van der Waals surface area contributed by atoms with Gasteiger partial charge in [-0.1, -0.05) is 6.07 Å².